The molecule has 5 heteroatoms. The Bertz CT molecular complexity index is 707. The minimum Gasteiger partial charge on any atom is -0.369 e. The molecule has 2 bridgehead atoms. The van der Waals surface area contributed by atoms with E-state index in [9.17, 15) is 14.4 Å². The average molecular weight is 354 g/mol. The summed E-state index contributed by atoms with van der Waals surface area (Å²) in [6.07, 6.45) is 1.61. The number of ketones is 2. The number of carbonyl (C=O) groups is 3. The molecule has 0 aromatic heterocycles. The molecule has 1 aromatic carbocycles. The van der Waals surface area contributed by atoms with Crippen LogP contribution in [0.4, 0.5) is 5.69 Å². The van der Waals surface area contributed by atoms with Crippen LogP contribution in [0.15, 0.2) is 42.5 Å². The maximum atomic E-state index is 11.6. The first-order valence-corrected chi connectivity index (χ1v) is 9.15. The summed E-state index contributed by atoms with van der Waals surface area (Å²) in [5.41, 5.74) is 0.797. The summed E-state index contributed by atoms with van der Waals surface area (Å²) in [4.78, 5) is 38.5. The van der Waals surface area contributed by atoms with Gasteiger partial charge in [-0.05, 0) is 37.1 Å². The summed E-state index contributed by atoms with van der Waals surface area (Å²) < 4.78 is 0. The molecule has 2 aliphatic carbocycles. The smallest absolute Gasteiger partial charge is 0.172 e. The maximum Gasteiger partial charge on any atom is 0.172 e. The number of aldehydes is 1. The predicted octanol–water partition coefficient (Wildman–Crippen LogP) is 2.12. The van der Waals surface area contributed by atoms with Gasteiger partial charge in [0.05, 0.1) is 5.41 Å². The van der Waals surface area contributed by atoms with Gasteiger partial charge in [0.15, 0.2) is 5.78 Å². The Labute approximate surface area is 154 Å². The molecule has 0 spiro atoms. The fraction of sp³-hybridized carbons (Fsp3) is 0.476. The number of anilines is 1. The molecule has 0 radical (unpaired) electrons. The van der Waals surface area contributed by atoms with Gasteiger partial charge in [0.25, 0.3) is 0 Å². The van der Waals surface area contributed by atoms with E-state index in [1.54, 1.807) is 0 Å². The first-order valence-electron chi connectivity index (χ1n) is 9.15. The number of nitrogens with zero attached hydrogens (tertiary/aromatic N) is 2. The molecule has 3 aliphatic rings. The number of hydrogen-bond acceptors (Lipinski definition) is 5. The third-order valence-electron chi connectivity index (χ3n) is 5.68. The fourth-order valence-electron chi connectivity index (χ4n) is 4.05. The van der Waals surface area contributed by atoms with E-state index >= 15 is 0 Å². The van der Waals surface area contributed by atoms with Crippen LogP contribution in [0.3, 0.4) is 0 Å². The summed E-state index contributed by atoms with van der Waals surface area (Å²) in [5, 5.41) is 0. The number of para-hydroxylation sites is 1. The van der Waals surface area contributed by atoms with E-state index in [-0.39, 0.29) is 23.9 Å². The van der Waals surface area contributed by atoms with Crippen LogP contribution in [0.5, 0.6) is 0 Å². The van der Waals surface area contributed by atoms with Crippen LogP contribution in [0.25, 0.3) is 0 Å². The van der Waals surface area contributed by atoms with Gasteiger partial charge in [-0.2, -0.15) is 0 Å². The summed E-state index contributed by atoms with van der Waals surface area (Å²) in [5.74, 6) is -0.271. The van der Waals surface area contributed by atoms with Gasteiger partial charge in [0.1, 0.15) is 12.1 Å². The van der Waals surface area contributed by atoms with Crippen LogP contribution in [-0.4, -0.2) is 56.0 Å². The fourth-order valence-corrected chi connectivity index (χ4v) is 4.05. The molecule has 3 fully saturated rings. The maximum absolute atomic E-state index is 11.6. The molecule has 1 aliphatic heterocycles. The topological polar surface area (TPSA) is 57.7 Å². The molecular formula is C21H26N2O3. The van der Waals surface area contributed by atoms with Crippen LogP contribution in [0, 0.1) is 11.3 Å². The van der Waals surface area contributed by atoms with E-state index in [0.29, 0.717) is 24.7 Å². The Morgan fingerprint density at radius 2 is 1.77 bits per heavy atom. The first-order chi connectivity index (χ1) is 12.4. The Morgan fingerprint density at radius 1 is 1.12 bits per heavy atom. The second kappa shape index (κ2) is 7.54. The summed E-state index contributed by atoms with van der Waals surface area (Å²) in [6.45, 7) is 8.30. The molecule has 2 saturated carbocycles. The minimum absolute atomic E-state index is 0.00958. The number of likely N-dealkylation sites (N-methyl/N-ethyl adjacent to an activating group) is 1. The van der Waals surface area contributed by atoms with Crippen molar-refractivity contribution in [1.82, 2.24) is 4.90 Å². The quantitative estimate of drug-likeness (QED) is 0.463. The largest absolute Gasteiger partial charge is 0.369 e. The van der Waals surface area contributed by atoms with Crippen LogP contribution in [0.1, 0.15) is 19.3 Å². The van der Waals surface area contributed by atoms with E-state index in [0.717, 1.165) is 13.1 Å². The van der Waals surface area contributed by atoms with Crippen LogP contribution >= 0.6 is 0 Å². The lowest BCUT2D eigenvalue weighted by Gasteiger charge is -2.33. The SMILES string of the molecule is C=C1C(=O)C2(C=O)CC(=O)CC1C2.CN1CCN(c2ccccc2)CC1. The van der Waals surface area contributed by atoms with Crippen molar-refractivity contribution in [1.29, 1.82) is 0 Å². The third kappa shape index (κ3) is 3.63. The van der Waals surface area contributed by atoms with E-state index in [4.69, 9.17) is 0 Å². The van der Waals surface area contributed by atoms with E-state index in [2.05, 4.69) is 53.8 Å². The zero-order chi connectivity index (χ0) is 18.7. The second-order valence-electron chi connectivity index (χ2n) is 7.57. The van der Waals surface area contributed by atoms with Gasteiger partial charge in [-0.25, -0.2) is 0 Å². The number of carbonyl (C=O) groups excluding carboxylic acids is 3. The Hall–Kier alpha value is -2.27. The Morgan fingerprint density at radius 3 is 2.38 bits per heavy atom. The van der Waals surface area contributed by atoms with Crippen LogP contribution in [-0.2, 0) is 14.4 Å². The number of rotatable bonds is 2. The monoisotopic (exact) mass is 354 g/mol. The van der Waals surface area contributed by atoms with Crippen molar-refractivity contribution in [2.45, 2.75) is 19.3 Å². The molecule has 4 rings (SSSR count). The van der Waals surface area contributed by atoms with Gasteiger partial charge in [-0.15, -0.1) is 0 Å². The Balaban J connectivity index is 0.000000151. The molecule has 0 amide bonds. The highest BCUT2D eigenvalue weighted by Crippen LogP contribution is 2.48. The van der Waals surface area contributed by atoms with Gasteiger partial charge in [0.2, 0.25) is 0 Å². The van der Waals surface area contributed by atoms with Gasteiger partial charge in [-0.1, -0.05) is 24.8 Å². The zero-order valence-corrected chi connectivity index (χ0v) is 15.3. The predicted molar refractivity (Wildman–Crippen MR) is 101 cm³/mol. The van der Waals surface area contributed by atoms with Gasteiger partial charge < -0.3 is 14.6 Å². The number of allylic oxidation sites excluding steroid dienone is 1. The van der Waals surface area contributed by atoms with Crippen molar-refractivity contribution in [3.63, 3.8) is 0 Å². The highest BCUT2D eigenvalue weighted by Gasteiger charge is 2.53. The Kier molecular flexibility index (Phi) is 5.37. The number of hydrogen-bond donors (Lipinski definition) is 0. The summed E-state index contributed by atoms with van der Waals surface area (Å²) >= 11 is 0. The standard InChI is InChI=1S/C11H16N2.C10H10O3/c1-12-7-9-13(10-8-12)11-5-3-2-4-6-11;1-6-7-2-8(12)4-10(3-7,5-11)9(6)13/h2-6H,7-10H2,1H3;5,7H,1-4H2. The second-order valence-corrected chi connectivity index (χ2v) is 7.57. The average Bonchev–Trinajstić information content (AvgIpc) is 2.84. The highest BCUT2D eigenvalue weighted by atomic mass is 16.2. The number of Topliss-reactive ketones (excluding diaryl/α,β-unsaturated/α-hetero) is 2. The van der Waals surface area contributed by atoms with Crippen molar-refractivity contribution in [3.8, 4) is 0 Å². The van der Waals surface area contributed by atoms with Gasteiger partial charge >= 0.3 is 0 Å². The highest BCUT2D eigenvalue weighted by molar-refractivity contribution is 6.14. The van der Waals surface area contributed by atoms with Crippen LogP contribution in [0.2, 0.25) is 0 Å². The number of benzene rings is 1. The normalized spacial score (nSPS) is 28.6. The zero-order valence-electron chi connectivity index (χ0n) is 15.3. The third-order valence-corrected chi connectivity index (χ3v) is 5.68. The molecule has 1 aromatic rings. The first kappa shape index (κ1) is 18.5. The van der Waals surface area contributed by atoms with E-state index in [1.165, 1.54) is 18.8 Å². The van der Waals surface area contributed by atoms with Crippen LogP contribution < -0.4 is 4.90 Å². The lowest BCUT2D eigenvalue weighted by atomic mass is 9.76. The van der Waals surface area contributed by atoms with Crippen molar-refractivity contribution >= 4 is 23.5 Å². The lowest BCUT2D eigenvalue weighted by molar-refractivity contribution is -0.137. The molecule has 2 atom stereocenters. The molecule has 138 valence electrons. The van der Waals surface area contributed by atoms with Crippen molar-refractivity contribution in [2.24, 2.45) is 11.3 Å². The minimum atomic E-state index is -1.03. The van der Waals surface area contributed by atoms with E-state index in [1.807, 2.05) is 0 Å². The molecule has 5 nitrogen and oxygen atoms in total. The number of piperazine rings is 1. The van der Waals surface area contributed by atoms with Crippen molar-refractivity contribution in [3.05, 3.63) is 42.5 Å². The molecule has 1 saturated heterocycles. The van der Waals surface area contributed by atoms with Crippen molar-refractivity contribution < 1.29 is 14.4 Å². The molecular weight excluding hydrogens is 328 g/mol. The molecule has 26 heavy (non-hydrogen) atoms. The van der Waals surface area contributed by atoms with Crippen molar-refractivity contribution in [2.75, 3.05) is 38.1 Å². The lowest BCUT2D eigenvalue weighted by Crippen LogP contribution is -2.44. The molecule has 2 unspecified atom stereocenters. The molecule has 1 heterocycles. The number of fused-ring (bicyclic) bond motifs is 2. The summed E-state index contributed by atoms with van der Waals surface area (Å²) in [7, 11) is 2.18. The van der Waals surface area contributed by atoms with Gasteiger partial charge in [-0.3, -0.25) is 9.59 Å². The van der Waals surface area contributed by atoms with E-state index < -0.39 is 5.41 Å². The summed E-state index contributed by atoms with van der Waals surface area (Å²) in [6, 6.07) is 10.7. The molecule has 0 N–H and O–H groups in total. The van der Waals surface area contributed by atoms with Gasteiger partial charge in [0, 0.05) is 44.7 Å².